The summed E-state index contributed by atoms with van der Waals surface area (Å²) in [7, 11) is 1.55. The number of benzene rings is 2. The molecule has 2 aromatic rings. The van der Waals surface area contributed by atoms with Gasteiger partial charge in [-0.15, -0.1) is 0 Å². The average Bonchev–Trinajstić information content (AvgIpc) is 2.87. The van der Waals surface area contributed by atoms with Crippen LogP contribution in [0.3, 0.4) is 0 Å². The van der Waals surface area contributed by atoms with Crippen LogP contribution in [0.2, 0.25) is 0 Å². The third kappa shape index (κ3) is 4.76. The minimum Gasteiger partial charge on any atom is -0.496 e. The largest absolute Gasteiger partial charge is 0.496 e. The highest BCUT2D eigenvalue weighted by atomic mass is 16.5. The summed E-state index contributed by atoms with van der Waals surface area (Å²) in [5.41, 5.74) is 8.12. The highest BCUT2D eigenvalue weighted by molar-refractivity contribution is 5.96. The van der Waals surface area contributed by atoms with Gasteiger partial charge in [0.15, 0.2) is 0 Å². The van der Waals surface area contributed by atoms with E-state index in [1.54, 1.807) is 13.2 Å². The zero-order valence-corrected chi connectivity index (χ0v) is 15.3. The highest BCUT2D eigenvalue weighted by Gasteiger charge is 2.18. The first-order valence-corrected chi connectivity index (χ1v) is 9.16. The smallest absolute Gasteiger partial charge is 0.252 e. The van der Waals surface area contributed by atoms with Gasteiger partial charge in [0, 0.05) is 30.9 Å². The maximum atomic E-state index is 11.4. The number of hydrogen-bond donors (Lipinski definition) is 2. The number of carbonyl (C=O) groups is 1. The Kier molecular flexibility index (Phi) is 6.12. The van der Waals surface area contributed by atoms with Crippen LogP contribution >= 0.6 is 0 Å². The van der Waals surface area contributed by atoms with Crippen LogP contribution in [-0.2, 0) is 6.54 Å². The fourth-order valence-corrected chi connectivity index (χ4v) is 3.52. The van der Waals surface area contributed by atoms with Crippen LogP contribution in [0.15, 0.2) is 48.5 Å². The van der Waals surface area contributed by atoms with E-state index in [4.69, 9.17) is 10.5 Å². The van der Waals surface area contributed by atoms with E-state index in [9.17, 15) is 4.79 Å². The Balaban J connectivity index is 1.58. The molecular formula is C21H27N3O2. The second kappa shape index (κ2) is 8.72. The van der Waals surface area contributed by atoms with E-state index < -0.39 is 5.91 Å². The Hall–Kier alpha value is -2.53. The van der Waals surface area contributed by atoms with Crippen molar-refractivity contribution in [3.8, 4) is 5.75 Å². The van der Waals surface area contributed by atoms with Gasteiger partial charge in [0.2, 0.25) is 0 Å². The number of primary amides is 1. The van der Waals surface area contributed by atoms with E-state index in [2.05, 4.69) is 40.5 Å². The molecule has 0 spiro atoms. The third-order valence-electron chi connectivity index (χ3n) is 4.91. The summed E-state index contributed by atoms with van der Waals surface area (Å²) >= 11 is 0. The lowest BCUT2D eigenvalue weighted by atomic mass is 10.1. The molecule has 1 unspecified atom stereocenters. The fourth-order valence-electron chi connectivity index (χ4n) is 3.52. The number of carbonyl (C=O) groups excluding carboxylic acids is 1. The van der Waals surface area contributed by atoms with Crippen LogP contribution in [-0.4, -0.2) is 37.0 Å². The van der Waals surface area contributed by atoms with Gasteiger partial charge < -0.3 is 15.8 Å². The SMILES string of the molecule is COc1cc(NC2CCCN(Cc3ccccc3)CC2)ccc1C(N)=O. The molecule has 3 N–H and O–H groups in total. The van der Waals surface area contributed by atoms with Gasteiger partial charge in [-0.1, -0.05) is 30.3 Å². The number of nitrogens with one attached hydrogen (secondary N) is 1. The Labute approximate surface area is 155 Å². The second-order valence-electron chi connectivity index (χ2n) is 6.81. The number of nitrogens with zero attached hydrogens (tertiary/aromatic N) is 1. The van der Waals surface area contributed by atoms with Crippen molar-refractivity contribution in [1.82, 2.24) is 4.90 Å². The van der Waals surface area contributed by atoms with Crippen molar-refractivity contribution in [2.75, 3.05) is 25.5 Å². The third-order valence-corrected chi connectivity index (χ3v) is 4.91. The molecule has 138 valence electrons. The number of rotatable bonds is 6. The zero-order valence-electron chi connectivity index (χ0n) is 15.3. The molecule has 0 aromatic heterocycles. The molecule has 1 fully saturated rings. The molecule has 1 amide bonds. The van der Waals surface area contributed by atoms with Crippen molar-refractivity contribution in [2.45, 2.75) is 31.8 Å². The highest BCUT2D eigenvalue weighted by Crippen LogP contribution is 2.25. The topological polar surface area (TPSA) is 67.6 Å². The van der Waals surface area contributed by atoms with Crippen LogP contribution < -0.4 is 15.8 Å². The number of amides is 1. The molecular weight excluding hydrogens is 326 g/mol. The van der Waals surface area contributed by atoms with Crippen LogP contribution in [0.4, 0.5) is 5.69 Å². The van der Waals surface area contributed by atoms with E-state index in [1.807, 2.05) is 12.1 Å². The van der Waals surface area contributed by atoms with Gasteiger partial charge >= 0.3 is 0 Å². The van der Waals surface area contributed by atoms with Crippen molar-refractivity contribution in [3.63, 3.8) is 0 Å². The normalized spacial score (nSPS) is 18.1. The maximum absolute atomic E-state index is 11.4. The Morgan fingerprint density at radius 1 is 1.19 bits per heavy atom. The van der Waals surface area contributed by atoms with Gasteiger partial charge in [0.05, 0.1) is 12.7 Å². The standard InChI is InChI=1S/C21H27N3O2/c1-26-20-14-18(9-10-19(20)21(22)25)23-17-8-5-12-24(13-11-17)15-16-6-3-2-4-7-16/h2-4,6-7,9-10,14,17,23H,5,8,11-13,15H2,1H3,(H2,22,25). The lowest BCUT2D eigenvalue weighted by molar-refractivity contribution is 0.0997. The molecule has 0 aliphatic carbocycles. The number of anilines is 1. The number of methoxy groups -OCH3 is 1. The van der Waals surface area contributed by atoms with Gasteiger partial charge in [0.1, 0.15) is 5.75 Å². The monoisotopic (exact) mass is 353 g/mol. The molecule has 1 aliphatic rings. The van der Waals surface area contributed by atoms with Crippen LogP contribution in [0.1, 0.15) is 35.2 Å². The van der Waals surface area contributed by atoms with Gasteiger partial charge in [-0.3, -0.25) is 9.69 Å². The molecule has 5 heteroatoms. The van der Waals surface area contributed by atoms with E-state index in [1.165, 1.54) is 12.0 Å². The summed E-state index contributed by atoms with van der Waals surface area (Å²) < 4.78 is 5.30. The number of likely N-dealkylation sites (tertiary alicyclic amines) is 1. The first-order chi connectivity index (χ1) is 12.7. The molecule has 0 saturated carbocycles. The van der Waals surface area contributed by atoms with E-state index in [0.717, 1.165) is 38.2 Å². The van der Waals surface area contributed by atoms with Crippen LogP contribution in [0, 0.1) is 0 Å². The van der Waals surface area contributed by atoms with Crippen molar-refractivity contribution < 1.29 is 9.53 Å². The van der Waals surface area contributed by atoms with Crippen molar-refractivity contribution >= 4 is 11.6 Å². The van der Waals surface area contributed by atoms with Crippen molar-refractivity contribution in [3.05, 3.63) is 59.7 Å². The Morgan fingerprint density at radius 2 is 2.00 bits per heavy atom. The van der Waals surface area contributed by atoms with E-state index >= 15 is 0 Å². The Morgan fingerprint density at radius 3 is 2.73 bits per heavy atom. The molecule has 1 atom stereocenters. The van der Waals surface area contributed by atoms with Gasteiger partial charge in [-0.2, -0.15) is 0 Å². The summed E-state index contributed by atoms with van der Waals surface area (Å²) in [5.74, 6) is 0.0428. The molecule has 5 nitrogen and oxygen atoms in total. The molecule has 1 saturated heterocycles. The fraction of sp³-hybridized carbons (Fsp3) is 0.381. The molecule has 2 aromatic carbocycles. The number of ether oxygens (including phenoxy) is 1. The zero-order chi connectivity index (χ0) is 18.4. The summed E-state index contributed by atoms with van der Waals surface area (Å²) in [6.45, 7) is 3.20. The Bertz CT molecular complexity index is 733. The molecule has 1 aliphatic heterocycles. The second-order valence-corrected chi connectivity index (χ2v) is 6.81. The summed E-state index contributed by atoms with van der Waals surface area (Å²) in [5, 5.41) is 3.59. The van der Waals surface area contributed by atoms with E-state index in [-0.39, 0.29) is 0 Å². The molecule has 3 rings (SSSR count). The first kappa shape index (κ1) is 18.3. The van der Waals surface area contributed by atoms with Crippen molar-refractivity contribution in [2.24, 2.45) is 5.73 Å². The average molecular weight is 353 g/mol. The van der Waals surface area contributed by atoms with Crippen molar-refractivity contribution in [1.29, 1.82) is 0 Å². The lowest BCUT2D eigenvalue weighted by Crippen LogP contribution is -2.26. The maximum Gasteiger partial charge on any atom is 0.252 e. The molecule has 26 heavy (non-hydrogen) atoms. The number of nitrogens with two attached hydrogens (primary N) is 1. The molecule has 1 heterocycles. The van der Waals surface area contributed by atoms with Crippen LogP contribution in [0.25, 0.3) is 0 Å². The minimum atomic E-state index is -0.473. The summed E-state index contributed by atoms with van der Waals surface area (Å²) in [6, 6.07) is 16.5. The van der Waals surface area contributed by atoms with Gasteiger partial charge in [0.25, 0.3) is 5.91 Å². The lowest BCUT2D eigenvalue weighted by Gasteiger charge is -2.21. The number of hydrogen-bond acceptors (Lipinski definition) is 4. The summed E-state index contributed by atoms with van der Waals surface area (Å²) in [6.07, 6.45) is 3.39. The molecule has 0 radical (unpaired) electrons. The predicted octanol–water partition coefficient (Wildman–Crippen LogP) is 3.26. The quantitative estimate of drug-likeness (QED) is 0.836. The van der Waals surface area contributed by atoms with E-state index in [0.29, 0.717) is 17.4 Å². The summed E-state index contributed by atoms with van der Waals surface area (Å²) in [4.78, 5) is 14.0. The molecule has 0 bridgehead atoms. The predicted molar refractivity (Wildman–Crippen MR) is 104 cm³/mol. The van der Waals surface area contributed by atoms with Gasteiger partial charge in [-0.05, 0) is 43.5 Å². The van der Waals surface area contributed by atoms with Crippen LogP contribution in [0.5, 0.6) is 5.75 Å². The first-order valence-electron chi connectivity index (χ1n) is 9.16. The minimum absolute atomic E-state index is 0.410. The van der Waals surface area contributed by atoms with Gasteiger partial charge in [-0.25, -0.2) is 0 Å².